The molecular weight excluding hydrogens is 322 g/mol. The van der Waals surface area contributed by atoms with Crippen molar-refractivity contribution in [3.05, 3.63) is 34.9 Å². The summed E-state index contributed by atoms with van der Waals surface area (Å²) in [6.07, 6.45) is 0.767. The van der Waals surface area contributed by atoms with E-state index >= 15 is 0 Å². The van der Waals surface area contributed by atoms with Gasteiger partial charge >= 0.3 is 8.80 Å². The number of amides is 1. The van der Waals surface area contributed by atoms with Gasteiger partial charge in [0.15, 0.2) is 0 Å². The van der Waals surface area contributed by atoms with Crippen LogP contribution in [0, 0.1) is 13.8 Å². The van der Waals surface area contributed by atoms with Gasteiger partial charge in [0.25, 0.3) is 5.91 Å². The molecule has 1 amide bonds. The van der Waals surface area contributed by atoms with Crippen molar-refractivity contribution in [3.8, 4) is 0 Å². The Morgan fingerprint density at radius 1 is 0.958 bits per heavy atom. The van der Waals surface area contributed by atoms with Gasteiger partial charge in [0, 0.05) is 38.0 Å². The van der Waals surface area contributed by atoms with Crippen molar-refractivity contribution in [1.29, 1.82) is 0 Å². The van der Waals surface area contributed by atoms with Gasteiger partial charge in [-0.2, -0.15) is 0 Å². The van der Waals surface area contributed by atoms with Gasteiger partial charge in [0.1, 0.15) is 0 Å². The number of hydrogen-bond donors (Lipinski definition) is 1. The topological polar surface area (TPSA) is 56.8 Å². The van der Waals surface area contributed by atoms with Crippen LogP contribution in [0.2, 0.25) is 6.04 Å². The lowest BCUT2D eigenvalue weighted by molar-refractivity contribution is 0.0705. The maximum absolute atomic E-state index is 12.3. The fourth-order valence-corrected chi connectivity index (χ4v) is 5.33. The first-order valence-electron chi connectivity index (χ1n) is 8.74. The average Bonchev–Trinajstić information content (AvgIpc) is 2.51. The van der Waals surface area contributed by atoms with Crippen molar-refractivity contribution >= 4 is 14.7 Å². The van der Waals surface area contributed by atoms with E-state index < -0.39 is 8.80 Å². The zero-order valence-corrected chi connectivity index (χ0v) is 16.6. The molecule has 0 aliphatic carbocycles. The Morgan fingerprint density at radius 3 is 1.92 bits per heavy atom. The first kappa shape index (κ1) is 20.8. The van der Waals surface area contributed by atoms with Crippen molar-refractivity contribution in [1.82, 2.24) is 5.32 Å². The predicted octanol–water partition coefficient (Wildman–Crippen LogP) is 3.47. The molecule has 0 spiro atoms. The Balaban J connectivity index is 2.53. The third-order valence-corrected chi connectivity index (χ3v) is 6.67. The van der Waals surface area contributed by atoms with Crippen LogP contribution in [0.4, 0.5) is 0 Å². The second-order valence-corrected chi connectivity index (χ2v) is 8.45. The highest BCUT2D eigenvalue weighted by Gasteiger charge is 2.39. The third-order valence-electron chi connectivity index (χ3n) is 3.52. The molecule has 1 rings (SSSR count). The Morgan fingerprint density at radius 2 is 1.46 bits per heavy atom. The molecule has 5 nitrogen and oxygen atoms in total. The van der Waals surface area contributed by atoms with Crippen LogP contribution in [0.1, 0.15) is 48.7 Å². The normalized spacial score (nSPS) is 11.5. The van der Waals surface area contributed by atoms with Gasteiger partial charge in [-0.05, 0) is 53.2 Å². The molecule has 0 fully saturated rings. The standard InChI is InChI=1S/C18H31NO4Si/c1-6-21-24(22-7-2,23-8-3)11-9-10-19-18(20)17-13-15(4)12-16(5)14-17/h12-14H,6-11H2,1-5H3,(H,19,20). The minimum atomic E-state index is -2.62. The number of benzene rings is 1. The molecule has 1 aromatic rings. The fraction of sp³-hybridized carbons (Fsp3) is 0.611. The largest absolute Gasteiger partial charge is 0.500 e. The molecule has 0 saturated carbocycles. The summed E-state index contributed by atoms with van der Waals surface area (Å²) in [5.41, 5.74) is 2.89. The minimum Gasteiger partial charge on any atom is -0.374 e. The van der Waals surface area contributed by atoms with Gasteiger partial charge in [0.05, 0.1) is 0 Å². The van der Waals surface area contributed by atoms with Crippen LogP contribution in [0.15, 0.2) is 18.2 Å². The van der Waals surface area contributed by atoms with Crippen LogP contribution >= 0.6 is 0 Å². The van der Waals surface area contributed by atoms with Crippen LogP contribution in [-0.4, -0.2) is 41.1 Å². The van der Waals surface area contributed by atoms with Crippen molar-refractivity contribution in [2.45, 2.75) is 47.1 Å². The van der Waals surface area contributed by atoms with Gasteiger partial charge in [0.2, 0.25) is 0 Å². The summed E-state index contributed by atoms with van der Waals surface area (Å²) in [4.78, 5) is 12.3. The Hall–Kier alpha value is -1.21. The van der Waals surface area contributed by atoms with Crippen molar-refractivity contribution in [3.63, 3.8) is 0 Å². The quantitative estimate of drug-likeness (QED) is 0.489. The highest BCUT2D eigenvalue weighted by molar-refractivity contribution is 6.60. The highest BCUT2D eigenvalue weighted by atomic mass is 28.4. The lowest BCUT2D eigenvalue weighted by Crippen LogP contribution is -2.46. The number of carbonyl (C=O) groups excluding carboxylic acids is 1. The smallest absolute Gasteiger partial charge is 0.374 e. The maximum Gasteiger partial charge on any atom is 0.500 e. The molecule has 0 aliphatic rings. The van der Waals surface area contributed by atoms with Crippen molar-refractivity contribution in [2.24, 2.45) is 0 Å². The van der Waals surface area contributed by atoms with Crippen LogP contribution in [-0.2, 0) is 13.3 Å². The highest BCUT2D eigenvalue weighted by Crippen LogP contribution is 2.18. The van der Waals surface area contributed by atoms with Gasteiger partial charge in [-0.15, -0.1) is 0 Å². The van der Waals surface area contributed by atoms with E-state index in [2.05, 4.69) is 11.4 Å². The summed E-state index contributed by atoms with van der Waals surface area (Å²) in [7, 11) is -2.62. The lowest BCUT2D eigenvalue weighted by atomic mass is 10.1. The first-order chi connectivity index (χ1) is 11.5. The van der Waals surface area contributed by atoms with E-state index in [9.17, 15) is 4.79 Å². The van der Waals surface area contributed by atoms with Gasteiger partial charge in [-0.1, -0.05) is 17.2 Å². The predicted molar refractivity (Wildman–Crippen MR) is 98.3 cm³/mol. The van der Waals surface area contributed by atoms with Gasteiger partial charge < -0.3 is 18.6 Å². The molecule has 0 atom stereocenters. The number of nitrogens with one attached hydrogen (secondary N) is 1. The van der Waals surface area contributed by atoms with Crippen LogP contribution < -0.4 is 5.32 Å². The molecule has 0 aliphatic heterocycles. The molecule has 0 saturated heterocycles. The maximum atomic E-state index is 12.3. The Bertz CT molecular complexity index is 484. The van der Waals surface area contributed by atoms with Crippen LogP contribution in [0.3, 0.4) is 0 Å². The molecule has 1 N–H and O–H groups in total. The summed E-state index contributed by atoms with van der Waals surface area (Å²) in [6.45, 7) is 12.1. The van der Waals surface area contributed by atoms with E-state index in [1.807, 2.05) is 46.8 Å². The molecular formula is C18H31NO4Si. The number of aryl methyl sites for hydroxylation is 2. The van der Waals surface area contributed by atoms with E-state index in [4.69, 9.17) is 13.3 Å². The molecule has 6 heteroatoms. The lowest BCUT2D eigenvalue weighted by Gasteiger charge is -2.28. The molecule has 0 heterocycles. The van der Waals surface area contributed by atoms with E-state index in [0.717, 1.165) is 17.5 Å². The molecule has 1 aromatic carbocycles. The van der Waals surface area contributed by atoms with Crippen molar-refractivity contribution < 1.29 is 18.1 Å². The molecule has 0 unspecified atom stereocenters. The Kier molecular flexibility index (Phi) is 9.21. The minimum absolute atomic E-state index is 0.0432. The van der Waals surface area contributed by atoms with Crippen LogP contribution in [0.25, 0.3) is 0 Å². The Labute approximate surface area is 147 Å². The molecule has 24 heavy (non-hydrogen) atoms. The van der Waals surface area contributed by atoms with Crippen molar-refractivity contribution in [2.75, 3.05) is 26.4 Å². The van der Waals surface area contributed by atoms with E-state index in [1.54, 1.807) is 0 Å². The monoisotopic (exact) mass is 353 g/mol. The number of rotatable bonds is 11. The molecule has 136 valence electrons. The zero-order valence-electron chi connectivity index (χ0n) is 15.6. The summed E-state index contributed by atoms with van der Waals surface area (Å²) in [6, 6.07) is 6.57. The van der Waals surface area contributed by atoms with Gasteiger partial charge in [-0.25, -0.2) is 0 Å². The third kappa shape index (κ3) is 6.73. The molecule has 0 bridgehead atoms. The summed E-state index contributed by atoms with van der Waals surface area (Å²) >= 11 is 0. The summed E-state index contributed by atoms with van der Waals surface area (Å²) < 4.78 is 17.4. The van der Waals surface area contributed by atoms with Gasteiger partial charge in [-0.3, -0.25) is 4.79 Å². The second-order valence-electron chi connectivity index (χ2n) is 5.72. The second kappa shape index (κ2) is 10.6. The molecule has 0 radical (unpaired) electrons. The first-order valence-corrected chi connectivity index (χ1v) is 10.7. The zero-order chi connectivity index (χ0) is 18.0. The summed E-state index contributed by atoms with van der Waals surface area (Å²) in [5, 5.41) is 2.97. The van der Waals surface area contributed by atoms with E-state index in [-0.39, 0.29) is 5.91 Å². The van der Waals surface area contributed by atoms with E-state index in [0.29, 0.717) is 38.0 Å². The van der Waals surface area contributed by atoms with E-state index in [1.165, 1.54) is 0 Å². The molecule has 0 aromatic heterocycles. The average molecular weight is 354 g/mol. The van der Waals surface area contributed by atoms with Crippen LogP contribution in [0.5, 0.6) is 0 Å². The summed E-state index contributed by atoms with van der Waals surface area (Å²) in [5.74, 6) is -0.0432. The SMILES string of the molecule is CCO[Si](CCCNC(=O)c1cc(C)cc(C)c1)(OCC)OCC. The number of hydrogen-bond acceptors (Lipinski definition) is 4. The number of carbonyl (C=O) groups is 1. The fourth-order valence-electron chi connectivity index (χ4n) is 2.72.